The molecule has 4 aromatic heterocycles. The zero-order chi connectivity index (χ0) is 17.6. The average molecular weight is 348 g/mol. The number of pyridine rings is 2. The Labute approximate surface area is 148 Å². The highest BCUT2D eigenvalue weighted by Gasteiger charge is 2.07. The van der Waals surface area contributed by atoms with Crippen LogP contribution in [0, 0.1) is 0 Å². The van der Waals surface area contributed by atoms with Gasteiger partial charge in [0.25, 0.3) is 0 Å². The van der Waals surface area contributed by atoms with E-state index >= 15 is 0 Å². The Kier molecular flexibility index (Phi) is 4.63. The van der Waals surface area contributed by atoms with Crippen LogP contribution in [0.4, 0.5) is 0 Å². The molecule has 0 aliphatic rings. The fraction of sp³-hybridized carbons (Fsp3) is 0.250. The molecule has 130 valence electrons. The number of aromatic nitrogens is 10. The molecular formula is C16H16N10. The second kappa shape index (κ2) is 7.55. The Balaban J connectivity index is 1.27. The van der Waals surface area contributed by atoms with Gasteiger partial charge in [-0.2, -0.15) is 9.59 Å². The third-order valence-corrected chi connectivity index (χ3v) is 3.75. The van der Waals surface area contributed by atoms with Crippen molar-refractivity contribution in [1.82, 2.24) is 50.4 Å². The van der Waals surface area contributed by atoms with Crippen LogP contribution in [0.2, 0.25) is 0 Å². The molecule has 4 heterocycles. The zero-order valence-corrected chi connectivity index (χ0v) is 13.9. The molecule has 0 N–H and O–H groups in total. The normalized spacial score (nSPS) is 10.9. The third kappa shape index (κ3) is 3.74. The average Bonchev–Trinajstić information content (AvgIpc) is 3.37. The molecule has 0 radical (unpaired) electrons. The van der Waals surface area contributed by atoms with Gasteiger partial charge in [-0.15, -0.1) is 20.4 Å². The highest BCUT2D eigenvalue weighted by molar-refractivity contribution is 5.52. The summed E-state index contributed by atoms with van der Waals surface area (Å²) >= 11 is 0. The highest BCUT2D eigenvalue weighted by Crippen LogP contribution is 2.12. The number of rotatable bonds is 7. The number of tetrazole rings is 2. The van der Waals surface area contributed by atoms with E-state index in [0.717, 1.165) is 24.0 Å². The van der Waals surface area contributed by atoms with E-state index in [2.05, 4.69) is 40.8 Å². The van der Waals surface area contributed by atoms with Gasteiger partial charge < -0.3 is 0 Å². The van der Waals surface area contributed by atoms with Crippen molar-refractivity contribution < 1.29 is 0 Å². The molecular weight excluding hydrogens is 332 g/mol. The van der Waals surface area contributed by atoms with Gasteiger partial charge >= 0.3 is 0 Å². The van der Waals surface area contributed by atoms with Gasteiger partial charge in [0.05, 0.1) is 13.1 Å². The molecule has 0 aromatic carbocycles. The van der Waals surface area contributed by atoms with Crippen LogP contribution in [0.3, 0.4) is 0 Å². The lowest BCUT2D eigenvalue weighted by Gasteiger charge is -1.99. The summed E-state index contributed by atoms with van der Waals surface area (Å²) in [5.41, 5.74) is 1.81. The Bertz CT molecular complexity index is 868. The molecule has 0 amide bonds. The molecule has 0 aliphatic carbocycles. The summed E-state index contributed by atoms with van der Waals surface area (Å²) in [4.78, 5) is 11.2. The van der Waals surface area contributed by atoms with Crippen LogP contribution in [-0.4, -0.2) is 50.4 Å². The van der Waals surface area contributed by atoms with Crippen molar-refractivity contribution in [3.8, 4) is 22.8 Å². The lowest BCUT2D eigenvalue weighted by molar-refractivity contribution is 0.437. The van der Waals surface area contributed by atoms with E-state index in [-0.39, 0.29) is 0 Å². The molecule has 10 heteroatoms. The van der Waals surface area contributed by atoms with E-state index in [1.807, 2.05) is 24.3 Å². The second-order valence-electron chi connectivity index (χ2n) is 5.60. The summed E-state index contributed by atoms with van der Waals surface area (Å²) in [6.07, 6.45) is 8.61. The SMILES string of the molecule is c1cc(-c2nnn(CCCCn3nnc(-c4ccncc4)n3)n2)ccn1. The molecule has 4 rings (SSSR count). The maximum Gasteiger partial charge on any atom is 0.205 e. The largest absolute Gasteiger partial charge is 0.265 e. The van der Waals surface area contributed by atoms with E-state index < -0.39 is 0 Å². The van der Waals surface area contributed by atoms with Gasteiger partial charge in [-0.05, 0) is 47.5 Å². The van der Waals surface area contributed by atoms with Crippen LogP contribution in [0.25, 0.3) is 22.8 Å². The lowest BCUT2D eigenvalue weighted by Crippen LogP contribution is -2.07. The van der Waals surface area contributed by atoms with Crippen molar-refractivity contribution >= 4 is 0 Å². The Morgan fingerprint density at radius 3 is 1.46 bits per heavy atom. The fourth-order valence-electron chi connectivity index (χ4n) is 2.42. The summed E-state index contributed by atoms with van der Waals surface area (Å²) in [6, 6.07) is 7.44. The molecule has 0 unspecified atom stereocenters. The van der Waals surface area contributed by atoms with Crippen LogP contribution < -0.4 is 0 Å². The molecule has 10 nitrogen and oxygen atoms in total. The molecule has 4 aromatic rings. The minimum absolute atomic E-state index is 0.604. The highest BCUT2D eigenvalue weighted by atomic mass is 15.6. The lowest BCUT2D eigenvalue weighted by atomic mass is 10.3. The summed E-state index contributed by atoms with van der Waals surface area (Å²) in [6.45, 7) is 1.37. The predicted molar refractivity (Wildman–Crippen MR) is 91.3 cm³/mol. The van der Waals surface area contributed by atoms with Crippen molar-refractivity contribution in [3.05, 3.63) is 49.1 Å². The van der Waals surface area contributed by atoms with Crippen LogP contribution in [0.15, 0.2) is 49.1 Å². The minimum Gasteiger partial charge on any atom is -0.265 e. The van der Waals surface area contributed by atoms with Gasteiger partial charge in [-0.1, -0.05) is 0 Å². The first-order chi connectivity index (χ1) is 12.9. The van der Waals surface area contributed by atoms with Gasteiger partial charge in [-0.3, -0.25) is 9.97 Å². The van der Waals surface area contributed by atoms with Crippen molar-refractivity contribution in [1.29, 1.82) is 0 Å². The number of unbranched alkanes of at least 4 members (excludes halogenated alkanes) is 1. The van der Waals surface area contributed by atoms with Crippen LogP contribution >= 0.6 is 0 Å². The molecule has 0 fully saturated rings. The quantitative estimate of drug-likeness (QED) is 0.459. The number of hydrogen-bond donors (Lipinski definition) is 0. The van der Waals surface area contributed by atoms with Gasteiger partial charge in [0.15, 0.2) is 0 Å². The van der Waals surface area contributed by atoms with Crippen LogP contribution in [0.5, 0.6) is 0 Å². The second-order valence-corrected chi connectivity index (χ2v) is 5.60. The van der Waals surface area contributed by atoms with E-state index in [1.165, 1.54) is 0 Å². The number of aryl methyl sites for hydroxylation is 2. The number of hydrogen-bond acceptors (Lipinski definition) is 8. The molecule has 0 atom stereocenters. The predicted octanol–water partition coefficient (Wildman–Crippen LogP) is 1.26. The summed E-state index contributed by atoms with van der Waals surface area (Å²) < 4.78 is 0. The van der Waals surface area contributed by atoms with Crippen LogP contribution in [0.1, 0.15) is 12.8 Å². The molecule has 26 heavy (non-hydrogen) atoms. The molecule has 0 spiro atoms. The molecule has 0 bridgehead atoms. The van der Waals surface area contributed by atoms with Crippen molar-refractivity contribution in [2.45, 2.75) is 25.9 Å². The number of nitrogens with zero attached hydrogens (tertiary/aromatic N) is 10. The van der Waals surface area contributed by atoms with E-state index in [1.54, 1.807) is 34.4 Å². The molecule has 0 saturated carbocycles. The van der Waals surface area contributed by atoms with Gasteiger partial charge in [0.1, 0.15) is 0 Å². The Morgan fingerprint density at radius 1 is 0.615 bits per heavy atom. The van der Waals surface area contributed by atoms with Gasteiger partial charge in [-0.25, -0.2) is 0 Å². The topological polar surface area (TPSA) is 113 Å². The smallest absolute Gasteiger partial charge is 0.205 e. The Morgan fingerprint density at radius 2 is 1.04 bits per heavy atom. The van der Waals surface area contributed by atoms with Crippen molar-refractivity contribution in [3.63, 3.8) is 0 Å². The maximum atomic E-state index is 4.38. The summed E-state index contributed by atoms with van der Waals surface area (Å²) in [7, 11) is 0. The zero-order valence-electron chi connectivity index (χ0n) is 13.9. The summed E-state index contributed by atoms with van der Waals surface area (Å²) in [5.74, 6) is 1.21. The maximum absolute atomic E-state index is 4.38. The molecule has 0 saturated heterocycles. The Hall–Kier alpha value is -3.56. The minimum atomic E-state index is 0.604. The van der Waals surface area contributed by atoms with E-state index in [9.17, 15) is 0 Å². The van der Waals surface area contributed by atoms with Crippen molar-refractivity contribution in [2.75, 3.05) is 0 Å². The first-order valence-corrected chi connectivity index (χ1v) is 8.25. The first-order valence-electron chi connectivity index (χ1n) is 8.25. The van der Waals surface area contributed by atoms with E-state index in [0.29, 0.717) is 24.7 Å². The van der Waals surface area contributed by atoms with Gasteiger partial charge in [0, 0.05) is 35.9 Å². The van der Waals surface area contributed by atoms with Crippen LogP contribution in [-0.2, 0) is 13.1 Å². The molecule has 0 aliphatic heterocycles. The summed E-state index contributed by atoms with van der Waals surface area (Å²) in [5, 5.41) is 25.1. The van der Waals surface area contributed by atoms with Crippen molar-refractivity contribution in [2.24, 2.45) is 0 Å². The standard InChI is InChI=1S/C16H16N10/c1(11-25-21-15(19-23-25)13-3-7-17-8-4-13)2-12-26-22-16(20-24-26)14-5-9-18-10-6-14/h3-10H,1-2,11-12H2. The monoisotopic (exact) mass is 348 g/mol. The van der Waals surface area contributed by atoms with Gasteiger partial charge in [0.2, 0.25) is 11.6 Å². The third-order valence-electron chi connectivity index (χ3n) is 3.75. The fourth-order valence-corrected chi connectivity index (χ4v) is 2.42. The first kappa shape index (κ1) is 15.9. The van der Waals surface area contributed by atoms with E-state index in [4.69, 9.17) is 0 Å².